The molecule has 2 heterocycles. The van der Waals surface area contributed by atoms with Gasteiger partial charge in [-0.1, -0.05) is 6.92 Å². The molecule has 2 N–H and O–H groups in total. The molecule has 0 spiro atoms. The Bertz CT molecular complexity index is 518. The Morgan fingerprint density at radius 3 is 2.88 bits per heavy atom. The van der Waals surface area contributed by atoms with Crippen molar-refractivity contribution in [1.29, 1.82) is 5.26 Å². The highest BCUT2D eigenvalue weighted by Crippen LogP contribution is 2.18. The van der Waals surface area contributed by atoms with Crippen molar-refractivity contribution in [3.8, 4) is 6.07 Å². The highest BCUT2D eigenvalue weighted by molar-refractivity contribution is 5.20. The molecule has 17 heavy (non-hydrogen) atoms. The van der Waals surface area contributed by atoms with Crippen LogP contribution in [0.2, 0.25) is 0 Å². The van der Waals surface area contributed by atoms with E-state index >= 15 is 0 Å². The van der Waals surface area contributed by atoms with Crippen LogP contribution in [0.15, 0.2) is 12.4 Å². The van der Waals surface area contributed by atoms with Crippen molar-refractivity contribution in [2.45, 2.75) is 32.6 Å². The Balaban J connectivity index is 2.19. The van der Waals surface area contributed by atoms with Gasteiger partial charge < -0.3 is 9.97 Å². The first kappa shape index (κ1) is 11.4. The molecule has 0 amide bonds. The first-order valence-electron chi connectivity index (χ1n) is 5.67. The molecule has 0 aromatic carbocycles. The summed E-state index contributed by atoms with van der Waals surface area (Å²) in [6.07, 6.45) is 4.88. The molecule has 0 saturated heterocycles. The van der Waals surface area contributed by atoms with Crippen molar-refractivity contribution >= 4 is 0 Å². The van der Waals surface area contributed by atoms with Crippen molar-refractivity contribution in [1.82, 2.24) is 19.9 Å². The van der Waals surface area contributed by atoms with E-state index < -0.39 is 0 Å². The zero-order valence-electron chi connectivity index (χ0n) is 9.99. The van der Waals surface area contributed by atoms with Gasteiger partial charge in [-0.15, -0.1) is 0 Å². The zero-order chi connectivity index (χ0) is 12.3. The molecule has 2 aromatic heterocycles. The molecule has 5 nitrogen and oxygen atoms in total. The number of nitrogens with one attached hydrogen (secondary N) is 2. The van der Waals surface area contributed by atoms with Crippen LogP contribution in [0.1, 0.15) is 35.9 Å². The third kappa shape index (κ3) is 2.36. The smallest absolute Gasteiger partial charge is 0.123 e. The Hall–Kier alpha value is -2.09. The van der Waals surface area contributed by atoms with Crippen molar-refractivity contribution in [3.63, 3.8) is 0 Å². The van der Waals surface area contributed by atoms with Crippen LogP contribution in [0, 0.1) is 18.3 Å². The van der Waals surface area contributed by atoms with Gasteiger partial charge in [0.05, 0.1) is 11.8 Å². The Kier molecular flexibility index (Phi) is 3.24. The van der Waals surface area contributed by atoms with Gasteiger partial charge in [0.2, 0.25) is 0 Å². The lowest BCUT2D eigenvalue weighted by atomic mass is 10.0. The maximum absolute atomic E-state index is 9.17. The first-order chi connectivity index (χ1) is 8.24. The molecule has 0 radical (unpaired) electrons. The molecule has 0 saturated carbocycles. The Labute approximate surface area is 99.9 Å². The number of rotatable bonds is 4. The van der Waals surface area contributed by atoms with Gasteiger partial charge in [-0.05, 0) is 6.92 Å². The average Bonchev–Trinajstić information content (AvgIpc) is 2.96. The van der Waals surface area contributed by atoms with Gasteiger partial charge in [0.25, 0.3) is 0 Å². The number of aryl methyl sites for hydroxylation is 2. The second-order valence-electron chi connectivity index (χ2n) is 3.96. The predicted molar refractivity (Wildman–Crippen MR) is 63.3 cm³/mol. The fourth-order valence-corrected chi connectivity index (χ4v) is 1.80. The van der Waals surface area contributed by atoms with Gasteiger partial charge in [0.15, 0.2) is 0 Å². The van der Waals surface area contributed by atoms with E-state index in [0.29, 0.717) is 12.2 Å². The van der Waals surface area contributed by atoms with Crippen LogP contribution in [-0.4, -0.2) is 19.9 Å². The van der Waals surface area contributed by atoms with Gasteiger partial charge in [-0.3, -0.25) is 0 Å². The van der Waals surface area contributed by atoms with E-state index in [1.54, 1.807) is 12.4 Å². The fourth-order valence-electron chi connectivity index (χ4n) is 1.80. The minimum Gasteiger partial charge on any atom is -0.347 e. The molecular formula is C12H15N5. The number of imidazole rings is 2. The number of hydrogen-bond donors (Lipinski definition) is 2. The summed E-state index contributed by atoms with van der Waals surface area (Å²) in [5.74, 6) is 1.42. The minimum absolute atomic E-state index is 0.256. The summed E-state index contributed by atoms with van der Waals surface area (Å²) in [6.45, 7) is 4.01. The average molecular weight is 229 g/mol. The molecule has 5 heteroatoms. The van der Waals surface area contributed by atoms with Gasteiger partial charge in [0, 0.05) is 30.9 Å². The Morgan fingerprint density at radius 1 is 1.53 bits per heavy atom. The summed E-state index contributed by atoms with van der Waals surface area (Å²) in [5, 5.41) is 9.17. The van der Waals surface area contributed by atoms with E-state index in [1.165, 1.54) is 0 Å². The van der Waals surface area contributed by atoms with Crippen molar-refractivity contribution in [2.75, 3.05) is 0 Å². The van der Waals surface area contributed by atoms with Crippen molar-refractivity contribution < 1.29 is 0 Å². The second-order valence-corrected chi connectivity index (χ2v) is 3.96. The standard InChI is InChI=1S/C12H15N5/c1-3-11-16-8(2)10(17-11)6-9(7-13)12-14-4-5-15-12/h4-5,9H,3,6H2,1-2H3,(H,14,15)(H,16,17). The maximum Gasteiger partial charge on any atom is 0.123 e. The normalized spacial score (nSPS) is 12.3. The van der Waals surface area contributed by atoms with Crippen molar-refractivity contribution in [3.05, 3.63) is 35.4 Å². The van der Waals surface area contributed by atoms with Crippen LogP contribution in [0.4, 0.5) is 0 Å². The minimum atomic E-state index is -0.256. The third-order valence-corrected chi connectivity index (χ3v) is 2.78. The molecule has 2 rings (SSSR count). The lowest BCUT2D eigenvalue weighted by Gasteiger charge is -2.04. The SMILES string of the molecule is CCc1nc(C)c(CC(C#N)c2ncc[nH]2)[nH]1. The number of aromatic amines is 2. The molecule has 88 valence electrons. The molecule has 0 bridgehead atoms. The molecular weight excluding hydrogens is 214 g/mol. The lowest BCUT2D eigenvalue weighted by molar-refractivity contribution is 0.768. The van der Waals surface area contributed by atoms with Crippen LogP contribution in [0.3, 0.4) is 0 Å². The number of aromatic nitrogens is 4. The van der Waals surface area contributed by atoms with E-state index in [4.69, 9.17) is 5.26 Å². The van der Waals surface area contributed by atoms with Gasteiger partial charge >= 0.3 is 0 Å². The van der Waals surface area contributed by atoms with E-state index in [0.717, 1.165) is 23.6 Å². The van der Waals surface area contributed by atoms with E-state index in [9.17, 15) is 0 Å². The summed E-state index contributed by atoms with van der Waals surface area (Å²) in [7, 11) is 0. The summed E-state index contributed by atoms with van der Waals surface area (Å²) >= 11 is 0. The van der Waals surface area contributed by atoms with E-state index in [1.807, 2.05) is 6.92 Å². The number of nitriles is 1. The monoisotopic (exact) mass is 229 g/mol. The maximum atomic E-state index is 9.17. The summed E-state index contributed by atoms with van der Waals surface area (Å²) in [6, 6.07) is 2.27. The summed E-state index contributed by atoms with van der Waals surface area (Å²) in [4.78, 5) is 14.8. The van der Waals surface area contributed by atoms with Crippen LogP contribution in [-0.2, 0) is 12.8 Å². The molecule has 0 aliphatic heterocycles. The highest BCUT2D eigenvalue weighted by atomic mass is 14.9. The van der Waals surface area contributed by atoms with Crippen LogP contribution in [0.5, 0.6) is 0 Å². The molecule has 1 unspecified atom stereocenters. The fraction of sp³-hybridized carbons (Fsp3) is 0.417. The highest BCUT2D eigenvalue weighted by Gasteiger charge is 2.17. The molecule has 0 aliphatic rings. The van der Waals surface area contributed by atoms with Crippen LogP contribution >= 0.6 is 0 Å². The topological polar surface area (TPSA) is 81.2 Å². The summed E-state index contributed by atoms with van der Waals surface area (Å²) in [5.41, 5.74) is 1.98. The van der Waals surface area contributed by atoms with Crippen LogP contribution < -0.4 is 0 Å². The molecule has 2 aromatic rings. The number of H-pyrrole nitrogens is 2. The largest absolute Gasteiger partial charge is 0.347 e. The Morgan fingerprint density at radius 2 is 2.35 bits per heavy atom. The van der Waals surface area contributed by atoms with Crippen LogP contribution in [0.25, 0.3) is 0 Å². The van der Waals surface area contributed by atoms with Gasteiger partial charge in [-0.2, -0.15) is 5.26 Å². The second kappa shape index (κ2) is 4.83. The number of hydrogen-bond acceptors (Lipinski definition) is 3. The summed E-state index contributed by atoms with van der Waals surface area (Å²) < 4.78 is 0. The van der Waals surface area contributed by atoms with Gasteiger partial charge in [-0.25, -0.2) is 9.97 Å². The van der Waals surface area contributed by atoms with Gasteiger partial charge in [0.1, 0.15) is 17.6 Å². The molecule has 1 atom stereocenters. The van der Waals surface area contributed by atoms with E-state index in [-0.39, 0.29) is 5.92 Å². The van der Waals surface area contributed by atoms with E-state index in [2.05, 4.69) is 32.9 Å². The zero-order valence-corrected chi connectivity index (χ0v) is 9.99. The third-order valence-electron chi connectivity index (χ3n) is 2.78. The molecule has 0 fully saturated rings. The first-order valence-corrected chi connectivity index (χ1v) is 5.67. The molecule has 0 aliphatic carbocycles. The van der Waals surface area contributed by atoms with Crippen molar-refractivity contribution in [2.24, 2.45) is 0 Å². The lowest BCUT2D eigenvalue weighted by Crippen LogP contribution is -2.04. The predicted octanol–water partition coefficient (Wildman–Crippen LogP) is 1.85. The quantitative estimate of drug-likeness (QED) is 0.839. The number of nitrogens with zero attached hydrogens (tertiary/aromatic N) is 3.